The SMILES string of the molecule is CC(C)(C)OC(=O)N1C[C@H]2C[C@]1(C(=O)O)C2. The summed E-state index contributed by atoms with van der Waals surface area (Å²) in [5, 5.41) is 9.18. The van der Waals surface area contributed by atoms with Gasteiger partial charge in [-0.05, 0) is 39.5 Å². The van der Waals surface area contributed by atoms with E-state index in [1.54, 1.807) is 20.8 Å². The molecule has 1 N–H and O–H groups in total. The number of ether oxygens (including phenoxy) is 1. The lowest BCUT2D eigenvalue weighted by Crippen LogP contribution is -2.55. The molecule has 2 saturated heterocycles. The van der Waals surface area contributed by atoms with E-state index in [1.807, 2.05) is 0 Å². The van der Waals surface area contributed by atoms with Crippen LogP contribution in [0.5, 0.6) is 0 Å². The van der Waals surface area contributed by atoms with E-state index in [0.717, 1.165) is 0 Å². The molecule has 0 aromatic rings. The minimum Gasteiger partial charge on any atom is -0.479 e. The molecule has 2 bridgehead atoms. The molecule has 0 atom stereocenters. The second-order valence-corrected chi connectivity index (χ2v) is 5.70. The highest BCUT2D eigenvalue weighted by Crippen LogP contribution is 2.51. The van der Waals surface area contributed by atoms with Crippen LogP contribution in [0.3, 0.4) is 0 Å². The lowest BCUT2D eigenvalue weighted by molar-refractivity contribution is -0.152. The molecule has 5 nitrogen and oxygen atoms in total. The highest BCUT2D eigenvalue weighted by molar-refractivity contribution is 5.87. The summed E-state index contributed by atoms with van der Waals surface area (Å²) in [7, 11) is 0. The Bertz CT molecular complexity index is 338. The maximum Gasteiger partial charge on any atom is 0.411 e. The van der Waals surface area contributed by atoms with Crippen molar-refractivity contribution in [2.45, 2.75) is 44.8 Å². The van der Waals surface area contributed by atoms with Crippen molar-refractivity contribution < 1.29 is 19.4 Å². The summed E-state index contributed by atoms with van der Waals surface area (Å²) < 4.78 is 5.22. The van der Waals surface area contributed by atoms with E-state index >= 15 is 0 Å². The monoisotopic (exact) mass is 227 g/mol. The predicted molar refractivity (Wildman–Crippen MR) is 56.0 cm³/mol. The number of hydrogen-bond acceptors (Lipinski definition) is 3. The largest absolute Gasteiger partial charge is 0.479 e. The van der Waals surface area contributed by atoms with Gasteiger partial charge in [-0.15, -0.1) is 0 Å². The number of aliphatic carboxylic acids is 1. The van der Waals surface area contributed by atoms with Crippen molar-refractivity contribution >= 4 is 12.1 Å². The minimum atomic E-state index is -0.979. The van der Waals surface area contributed by atoms with Crippen molar-refractivity contribution in [1.82, 2.24) is 4.90 Å². The number of rotatable bonds is 1. The average molecular weight is 227 g/mol. The number of carbonyl (C=O) groups excluding carboxylic acids is 1. The summed E-state index contributed by atoms with van der Waals surface area (Å²) in [5.41, 5.74) is -1.56. The summed E-state index contributed by atoms with van der Waals surface area (Å²) >= 11 is 0. The molecule has 0 aromatic heterocycles. The molecule has 0 spiro atoms. The van der Waals surface area contributed by atoms with Crippen LogP contribution in [-0.2, 0) is 9.53 Å². The molecule has 0 unspecified atom stereocenters. The Labute approximate surface area is 94.4 Å². The van der Waals surface area contributed by atoms with Gasteiger partial charge >= 0.3 is 12.1 Å². The normalized spacial score (nSPS) is 32.2. The van der Waals surface area contributed by atoms with Gasteiger partial charge in [-0.1, -0.05) is 0 Å². The average Bonchev–Trinajstić information content (AvgIpc) is 2.51. The van der Waals surface area contributed by atoms with Crippen LogP contribution in [0, 0.1) is 5.92 Å². The quantitative estimate of drug-likeness (QED) is 0.736. The van der Waals surface area contributed by atoms with Gasteiger partial charge in [-0.2, -0.15) is 0 Å². The number of nitrogens with zero attached hydrogens (tertiary/aromatic N) is 1. The Morgan fingerprint density at radius 2 is 1.94 bits per heavy atom. The van der Waals surface area contributed by atoms with E-state index in [-0.39, 0.29) is 0 Å². The molecular weight excluding hydrogens is 210 g/mol. The Morgan fingerprint density at radius 1 is 1.38 bits per heavy atom. The summed E-state index contributed by atoms with van der Waals surface area (Å²) in [6, 6.07) is 0. The molecule has 16 heavy (non-hydrogen) atoms. The topological polar surface area (TPSA) is 66.8 Å². The van der Waals surface area contributed by atoms with E-state index in [0.29, 0.717) is 25.3 Å². The molecule has 3 rings (SSSR count). The Hall–Kier alpha value is -1.26. The highest BCUT2D eigenvalue weighted by atomic mass is 16.6. The van der Waals surface area contributed by atoms with Crippen molar-refractivity contribution in [3.8, 4) is 0 Å². The van der Waals surface area contributed by atoms with Gasteiger partial charge in [0.05, 0.1) is 0 Å². The zero-order valence-electron chi connectivity index (χ0n) is 9.82. The smallest absolute Gasteiger partial charge is 0.411 e. The number of carboxylic acids is 1. The van der Waals surface area contributed by atoms with Gasteiger partial charge in [-0.25, -0.2) is 9.59 Å². The van der Waals surface area contributed by atoms with Crippen molar-refractivity contribution in [3.05, 3.63) is 0 Å². The molecule has 3 fully saturated rings. The van der Waals surface area contributed by atoms with E-state index in [4.69, 9.17) is 4.74 Å². The van der Waals surface area contributed by atoms with Crippen molar-refractivity contribution in [1.29, 1.82) is 0 Å². The van der Waals surface area contributed by atoms with E-state index in [2.05, 4.69) is 0 Å². The van der Waals surface area contributed by atoms with Crippen LogP contribution in [0.1, 0.15) is 33.6 Å². The number of amides is 1. The Morgan fingerprint density at radius 3 is 2.38 bits per heavy atom. The molecule has 90 valence electrons. The molecule has 2 heterocycles. The second kappa shape index (κ2) is 3.12. The van der Waals surface area contributed by atoms with Gasteiger partial charge < -0.3 is 9.84 Å². The van der Waals surface area contributed by atoms with E-state index < -0.39 is 23.2 Å². The molecule has 3 aliphatic rings. The highest BCUT2D eigenvalue weighted by Gasteiger charge is 2.63. The van der Waals surface area contributed by atoms with Gasteiger partial charge in [0.1, 0.15) is 11.1 Å². The third-order valence-electron chi connectivity index (χ3n) is 3.22. The minimum absolute atomic E-state index is 0.337. The van der Waals surface area contributed by atoms with Crippen LogP contribution in [-0.4, -0.2) is 39.8 Å². The van der Waals surface area contributed by atoms with Crippen LogP contribution in [0.15, 0.2) is 0 Å². The van der Waals surface area contributed by atoms with Gasteiger partial charge in [0.2, 0.25) is 0 Å². The number of carboxylic acid groups (broad SMARTS) is 1. The fraction of sp³-hybridized carbons (Fsp3) is 0.818. The number of carbonyl (C=O) groups is 2. The van der Waals surface area contributed by atoms with Crippen LogP contribution in [0.2, 0.25) is 0 Å². The van der Waals surface area contributed by atoms with E-state index in [1.165, 1.54) is 4.90 Å². The lowest BCUT2D eigenvalue weighted by atomic mass is 9.73. The molecule has 1 aliphatic carbocycles. The van der Waals surface area contributed by atoms with Crippen LogP contribution in [0.25, 0.3) is 0 Å². The Kier molecular flexibility index (Phi) is 2.19. The standard InChI is InChI=1S/C11H17NO4/c1-10(2,3)16-9(15)12-6-7-4-11(12,5-7)8(13)14/h7H,4-6H2,1-3H3,(H,13,14)/t7-,11+. The third kappa shape index (κ3) is 1.54. The van der Waals surface area contributed by atoms with Gasteiger partial charge in [-0.3, -0.25) is 4.90 Å². The number of fused-ring (bicyclic) bond motifs is 1. The molecule has 5 heteroatoms. The fourth-order valence-corrected chi connectivity index (χ4v) is 2.53. The molecular formula is C11H17NO4. The fourth-order valence-electron chi connectivity index (χ4n) is 2.53. The molecule has 2 aliphatic heterocycles. The van der Waals surface area contributed by atoms with Gasteiger partial charge in [0.15, 0.2) is 0 Å². The van der Waals surface area contributed by atoms with E-state index in [9.17, 15) is 14.7 Å². The van der Waals surface area contributed by atoms with Gasteiger partial charge in [0, 0.05) is 6.54 Å². The van der Waals surface area contributed by atoms with Gasteiger partial charge in [0.25, 0.3) is 0 Å². The van der Waals surface area contributed by atoms with Crippen LogP contribution >= 0.6 is 0 Å². The number of hydrogen-bond donors (Lipinski definition) is 1. The zero-order chi connectivity index (χ0) is 12.1. The Balaban J connectivity index is 2.11. The first kappa shape index (κ1) is 11.2. The maximum atomic E-state index is 11.8. The first-order valence-electron chi connectivity index (χ1n) is 5.49. The third-order valence-corrected chi connectivity index (χ3v) is 3.22. The van der Waals surface area contributed by atoms with Crippen molar-refractivity contribution in [2.75, 3.05) is 6.54 Å². The van der Waals surface area contributed by atoms with Crippen molar-refractivity contribution in [2.24, 2.45) is 5.92 Å². The molecule has 0 radical (unpaired) electrons. The molecule has 0 aromatic carbocycles. The first-order chi connectivity index (χ1) is 7.24. The predicted octanol–water partition coefficient (Wildman–Crippen LogP) is 1.47. The second-order valence-electron chi connectivity index (χ2n) is 5.70. The lowest BCUT2D eigenvalue weighted by Gasteiger charge is -2.38. The summed E-state index contributed by atoms with van der Waals surface area (Å²) in [6.45, 7) is 5.84. The zero-order valence-corrected chi connectivity index (χ0v) is 9.82. The maximum absolute atomic E-state index is 11.8. The molecule has 1 amide bonds. The van der Waals surface area contributed by atoms with Crippen molar-refractivity contribution in [3.63, 3.8) is 0 Å². The summed E-state index contributed by atoms with van der Waals surface area (Å²) in [5.74, 6) is -0.573. The molecule has 1 saturated carbocycles. The summed E-state index contributed by atoms with van der Waals surface area (Å²) in [4.78, 5) is 24.4. The van der Waals surface area contributed by atoms with Crippen LogP contribution < -0.4 is 0 Å². The first-order valence-corrected chi connectivity index (χ1v) is 5.49. The summed E-state index contributed by atoms with van der Waals surface area (Å²) in [6.07, 6.45) is 0.637. The van der Waals surface area contributed by atoms with Crippen LogP contribution in [0.4, 0.5) is 4.79 Å².